The van der Waals surface area contributed by atoms with Crippen LogP contribution in [0.5, 0.6) is 0 Å². The quantitative estimate of drug-likeness (QED) is 0.840. The van der Waals surface area contributed by atoms with Crippen LogP contribution in [0, 0.1) is 0 Å². The molecule has 0 aromatic heterocycles. The zero-order valence-corrected chi connectivity index (χ0v) is 14.3. The molecule has 2 aliphatic heterocycles. The van der Waals surface area contributed by atoms with Crippen molar-refractivity contribution in [3.63, 3.8) is 0 Å². The van der Waals surface area contributed by atoms with Crippen LogP contribution in [0.2, 0.25) is 0 Å². The van der Waals surface area contributed by atoms with Crippen LogP contribution in [0.25, 0.3) is 0 Å². The van der Waals surface area contributed by atoms with Crippen LogP contribution < -0.4 is 0 Å². The minimum absolute atomic E-state index is 0.0335. The number of benzene rings is 1. The van der Waals surface area contributed by atoms with Crippen LogP contribution in [-0.4, -0.2) is 46.2 Å². The summed E-state index contributed by atoms with van der Waals surface area (Å²) in [6, 6.07) is 11.0. The van der Waals surface area contributed by atoms with Gasteiger partial charge in [-0.3, -0.25) is 5.01 Å². The first-order valence-corrected chi connectivity index (χ1v) is 8.07. The summed E-state index contributed by atoms with van der Waals surface area (Å²) >= 11 is 0. The maximum Gasteiger partial charge on any atom is 0.153 e. The predicted octanol–water partition coefficient (Wildman–Crippen LogP) is 3.09. The number of fused-ring (bicyclic) bond motifs is 1. The van der Waals surface area contributed by atoms with Gasteiger partial charge in [0.15, 0.2) is 5.84 Å². The molecule has 0 spiro atoms. The number of morpholine rings is 1. The largest absolute Gasteiger partial charge is 0.365 e. The third kappa shape index (κ3) is 2.84. The Bertz CT molecular complexity index is 559. The zero-order valence-electron chi connectivity index (χ0n) is 14.3. The Balaban J connectivity index is 1.85. The average Bonchev–Trinajstić information content (AvgIpc) is 2.87. The van der Waals surface area contributed by atoms with E-state index in [4.69, 9.17) is 9.84 Å². The minimum atomic E-state index is -0.178. The van der Waals surface area contributed by atoms with Crippen LogP contribution >= 0.6 is 0 Å². The van der Waals surface area contributed by atoms with Crippen molar-refractivity contribution < 1.29 is 4.74 Å². The smallest absolute Gasteiger partial charge is 0.153 e. The molecule has 0 unspecified atom stereocenters. The molecule has 2 heterocycles. The van der Waals surface area contributed by atoms with Crippen molar-refractivity contribution in [1.29, 1.82) is 0 Å². The van der Waals surface area contributed by atoms with Crippen LogP contribution in [0.1, 0.15) is 40.2 Å². The highest BCUT2D eigenvalue weighted by Crippen LogP contribution is 2.33. The average molecular weight is 301 g/mol. The lowest BCUT2D eigenvalue weighted by Crippen LogP contribution is -2.59. The van der Waals surface area contributed by atoms with E-state index >= 15 is 0 Å². The summed E-state index contributed by atoms with van der Waals surface area (Å²) in [7, 11) is 0. The normalized spacial score (nSPS) is 24.2. The Morgan fingerprint density at radius 1 is 1.23 bits per heavy atom. The highest BCUT2D eigenvalue weighted by molar-refractivity contribution is 5.85. The van der Waals surface area contributed by atoms with Crippen molar-refractivity contribution in [3.05, 3.63) is 35.9 Å². The molecule has 0 amide bonds. The molecule has 3 rings (SSSR count). The molecule has 0 bridgehead atoms. The van der Waals surface area contributed by atoms with E-state index in [1.165, 1.54) is 5.56 Å². The van der Waals surface area contributed by atoms with Gasteiger partial charge in [-0.25, -0.2) is 0 Å². The summed E-state index contributed by atoms with van der Waals surface area (Å²) in [5.74, 6) is 1.06. The van der Waals surface area contributed by atoms with Crippen molar-refractivity contribution in [2.24, 2.45) is 5.10 Å². The highest BCUT2D eigenvalue weighted by Gasteiger charge is 2.45. The Morgan fingerprint density at radius 3 is 2.55 bits per heavy atom. The van der Waals surface area contributed by atoms with Gasteiger partial charge in [0.05, 0.1) is 17.2 Å². The second kappa shape index (κ2) is 5.27. The van der Waals surface area contributed by atoms with Gasteiger partial charge < -0.3 is 9.64 Å². The van der Waals surface area contributed by atoms with Crippen molar-refractivity contribution in [3.8, 4) is 0 Å². The van der Waals surface area contributed by atoms with E-state index < -0.39 is 0 Å². The lowest BCUT2D eigenvalue weighted by molar-refractivity contribution is -0.0786. The van der Waals surface area contributed by atoms with E-state index in [0.29, 0.717) is 12.6 Å². The number of amidine groups is 1. The van der Waals surface area contributed by atoms with Gasteiger partial charge in [-0.05, 0) is 46.6 Å². The van der Waals surface area contributed by atoms with E-state index in [9.17, 15) is 0 Å². The van der Waals surface area contributed by atoms with E-state index in [1.54, 1.807) is 0 Å². The number of ether oxygens (including phenoxy) is 1. The first-order chi connectivity index (χ1) is 10.3. The van der Waals surface area contributed by atoms with Gasteiger partial charge in [-0.1, -0.05) is 30.3 Å². The molecule has 1 atom stereocenters. The lowest BCUT2D eigenvalue weighted by atomic mass is 9.89. The van der Waals surface area contributed by atoms with E-state index in [0.717, 1.165) is 18.9 Å². The summed E-state index contributed by atoms with van der Waals surface area (Å²) in [4.78, 5) is 2.43. The molecular weight excluding hydrogens is 274 g/mol. The molecule has 2 aliphatic rings. The summed E-state index contributed by atoms with van der Waals surface area (Å²) in [5.41, 5.74) is 1.20. The summed E-state index contributed by atoms with van der Waals surface area (Å²) in [6.07, 6.45) is 0.977. The minimum Gasteiger partial charge on any atom is -0.365 e. The summed E-state index contributed by atoms with van der Waals surface area (Å²) < 4.78 is 6.13. The second-order valence-electron chi connectivity index (χ2n) is 7.80. The fraction of sp³-hybridized carbons (Fsp3) is 0.611. The van der Waals surface area contributed by atoms with Gasteiger partial charge in [0, 0.05) is 0 Å². The Morgan fingerprint density at radius 2 is 1.91 bits per heavy atom. The fourth-order valence-electron chi connectivity index (χ4n) is 3.12. The first kappa shape index (κ1) is 15.3. The third-order valence-corrected chi connectivity index (χ3v) is 4.65. The number of nitrogens with zero attached hydrogens (tertiary/aromatic N) is 3. The highest BCUT2D eigenvalue weighted by atomic mass is 16.5. The molecule has 4 heteroatoms. The fourth-order valence-corrected chi connectivity index (χ4v) is 3.12. The number of hydrogen-bond acceptors (Lipinski definition) is 4. The lowest BCUT2D eigenvalue weighted by Gasteiger charge is -2.46. The summed E-state index contributed by atoms with van der Waals surface area (Å²) in [5, 5.41) is 6.96. The molecule has 4 nitrogen and oxygen atoms in total. The Hall–Kier alpha value is -1.55. The van der Waals surface area contributed by atoms with E-state index in [2.05, 4.69) is 74.9 Å². The first-order valence-electron chi connectivity index (χ1n) is 8.07. The van der Waals surface area contributed by atoms with Crippen molar-refractivity contribution >= 4 is 5.84 Å². The van der Waals surface area contributed by atoms with Gasteiger partial charge in [0.25, 0.3) is 0 Å². The molecule has 1 saturated heterocycles. The standard InChI is InChI=1S/C18H27N3O/c1-17(2,3)21-13-20-15(11-14-9-7-6-8-10-14)18(4,5)22-12-16(20)19-21/h6-10,15H,11-13H2,1-5H3/t15-/m0/s1. The van der Waals surface area contributed by atoms with Crippen LogP contribution in [0.3, 0.4) is 0 Å². The van der Waals surface area contributed by atoms with E-state index in [-0.39, 0.29) is 11.1 Å². The van der Waals surface area contributed by atoms with Crippen LogP contribution in [0.15, 0.2) is 35.4 Å². The molecule has 0 radical (unpaired) electrons. The number of hydrazone groups is 1. The molecular formula is C18H27N3O. The topological polar surface area (TPSA) is 28.1 Å². The molecule has 0 saturated carbocycles. The zero-order chi connectivity index (χ0) is 16.0. The molecule has 1 aromatic rings. The van der Waals surface area contributed by atoms with Gasteiger partial charge >= 0.3 is 0 Å². The molecule has 1 fully saturated rings. The monoisotopic (exact) mass is 301 g/mol. The summed E-state index contributed by atoms with van der Waals surface area (Å²) in [6.45, 7) is 12.4. The maximum atomic E-state index is 6.13. The molecule has 120 valence electrons. The van der Waals surface area contributed by atoms with Crippen molar-refractivity contribution in [2.75, 3.05) is 13.3 Å². The molecule has 1 aromatic carbocycles. The molecule has 22 heavy (non-hydrogen) atoms. The van der Waals surface area contributed by atoms with Gasteiger partial charge in [0.2, 0.25) is 0 Å². The molecule has 0 N–H and O–H groups in total. The van der Waals surface area contributed by atoms with Gasteiger partial charge in [-0.15, -0.1) is 0 Å². The van der Waals surface area contributed by atoms with Gasteiger partial charge in [-0.2, -0.15) is 5.10 Å². The SMILES string of the molecule is CC1(C)OCC2=NN(C(C)(C)C)CN2[C@H]1Cc1ccccc1. The predicted molar refractivity (Wildman–Crippen MR) is 89.7 cm³/mol. The number of hydrogen-bond donors (Lipinski definition) is 0. The van der Waals surface area contributed by atoms with Crippen LogP contribution in [0.4, 0.5) is 0 Å². The Labute approximate surface area is 133 Å². The molecule has 0 aliphatic carbocycles. The maximum absolute atomic E-state index is 6.13. The van der Waals surface area contributed by atoms with Crippen molar-refractivity contribution in [1.82, 2.24) is 9.91 Å². The van der Waals surface area contributed by atoms with Gasteiger partial charge in [0.1, 0.15) is 13.3 Å². The van der Waals surface area contributed by atoms with Crippen LogP contribution in [-0.2, 0) is 11.2 Å². The van der Waals surface area contributed by atoms with Crippen molar-refractivity contribution in [2.45, 2.75) is 58.2 Å². The third-order valence-electron chi connectivity index (χ3n) is 4.65. The van der Waals surface area contributed by atoms with E-state index in [1.807, 2.05) is 0 Å². The second-order valence-corrected chi connectivity index (χ2v) is 7.80. The Kier molecular flexibility index (Phi) is 3.68. The number of rotatable bonds is 2.